The molecule has 1 heterocycles. The molecule has 1 amide bonds. The van der Waals surface area contributed by atoms with Crippen molar-refractivity contribution in [1.82, 2.24) is 4.31 Å². The van der Waals surface area contributed by atoms with Crippen LogP contribution in [0.15, 0.2) is 64.4 Å². The Balaban J connectivity index is 1.73. The molecule has 1 N–H and O–H groups in total. The molecule has 3 rings (SSSR count). The van der Waals surface area contributed by atoms with Crippen LogP contribution in [0.3, 0.4) is 0 Å². The predicted octanol–water partition coefficient (Wildman–Crippen LogP) is 3.98. The fourth-order valence-corrected chi connectivity index (χ4v) is 5.52. The number of piperidine rings is 1. The number of amides is 1. The summed E-state index contributed by atoms with van der Waals surface area (Å²) < 4.78 is 27.5. The lowest BCUT2D eigenvalue weighted by molar-refractivity contribution is -0.117. The van der Waals surface area contributed by atoms with Crippen molar-refractivity contribution in [3.63, 3.8) is 0 Å². The van der Waals surface area contributed by atoms with E-state index >= 15 is 0 Å². The molecule has 0 saturated carbocycles. The van der Waals surface area contributed by atoms with Gasteiger partial charge in [0, 0.05) is 29.6 Å². The molecule has 0 spiro atoms. The summed E-state index contributed by atoms with van der Waals surface area (Å²) in [5.74, 6) is -0.159. The second-order valence-corrected chi connectivity index (χ2v) is 9.33. The van der Waals surface area contributed by atoms with Gasteiger partial charge in [-0.15, -0.1) is 11.8 Å². The minimum absolute atomic E-state index is 0.159. The molecule has 144 valence electrons. The van der Waals surface area contributed by atoms with Gasteiger partial charge in [0.2, 0.25) is 15.9 Å². The number of sulfonamides is 1. The average molecular weight is 405 g/mol. The molecule has 7 heteroatoms. The standard InChI is InChI=1S/C20H24N2O3S2/c1-26-18-10-7-8-16(14-18)21-20(23)15-17-9-5-6-13-22(17)27(24,25)19-11-3-2-4-12-19/h2-4,7-8,10-12,14,17H,5-6,9,13,15H2,1H3,(H,21,23). The smallest absolute Gasteiger partial charge is 0.243 e. The Kier molecular flexibility index (Phi) is 6.57. The highest BCUT2D eigenvalue weighted by Crippen LogP contribution is 2.27. The van der Waals surface area contributed by atoms with Crippen LogP contribution in [0.2, 0.25) is 0 Å². The molecule has 1 fully saturated rings. The van der Waals surface area contributed by atoms with E-state index in [9.17, 15) is 13.2 Å². The van der Waals surface area contributed by atoms with E-state index in [2.05, 4.69) is 5.32 Å². The van der Waals surface area contributed by atoms with E-state index in [0.717, 1.165) is 23.4 Å². The molecule has 0 aromatic heterocycles. The summed E-state index contributed by atoms with van der Waals surface area (Å²) in [6.07, 6.45) is 4.59. The van der Waals surface area contributed by atoms with E-state index in [4.69, 9.17) is 0 Å². The van der Waals surface area contributed by atoms with Crippen LogP contribution in [0.25, 0.3) is 0 Å². The van der Waals surface area contributed by atoms with Gasteiger partial charge in [-0.05, 0) is 49.4 Å². The van der Waals surface area contributed by atoms with Crippen LogP contribution >= 0.6 is 11.8 Å². The maximum Gasteiger partial charge on any atom is 0.243 e. The zero-order valence-electron chi connectivity index (χ0n) is 15.3. The summed E-state index contributed by atoms with van der Waals surface area (Å²) in [6, 6.07) is 15.8. The van der Waals surface area contributed by atoms with Crippen LogP contribution in [0, 0.1) is 0 Å². The fourth-order valence-electron chi connectivity index (χ4n) is 3.35. The van der Waals surface area contributed by atoms with Gasteiger partial charge in [-0.2, -0.15) is 4.31 Å². The zero-order valence-corrected chi connectivity index (χ0v) is 16.9. The summed E-state index contributed by atoms with van der Waals surface area (Å²) in [4.78, 5) is 13.9. The molecule has 1 atom stereocenters. The van der Waals surface area contributed by atoms with Crippen molar-refractivity contribution in [1.29, 1.82) is 0 Å². The highest BCUT2D eigenvalue weighted by Gasteiger charge is 2.34. The minimum atomic E-state index is -3.59. The van der Waals surface area contributed by atoms with Crippen LogP contribution in [-0.2, 0) is 14.8 Å². The van der Waals surface area contributed by atoms with Gasteiger partial charge < -0.3 is 5.32 Å². The van der Waals surface area contributed by atoms with E-state index in [-0.39, 0.29) is 23.3 Å². The first-order valence-corrected chi connectivity index (χ1v) is 11.7. The molecule has 1 aliphatic heterocycles. The summed E-state index contributed by atoms with van der Waals surface area (Å²) in [5.41, 5.74) is 0.736. The van der Waals surface area contributed by atoms with Crippen molar-refractivity contribution in [3.8, 4) is 0 Å². The lowest BCUT2D eigenvalue weighted by Gasteiger charge is -2.34. The molecule has 0 radical (unpaired) electrons. The van der Waals surface area contributed by atoms with Crippen molar-refractivity contribution < 1.29 is 13.2 Å². The second kappa shape index (κ2) is 8.91. The van der Waals surface area contributed by atoms with E-state index in [1.54, 1.807) is 42.1 Å². The van der Waals surface area contributed by atoms with Gasteiger partial charge in [-0.25, -0.2) is 8.42 Å². The molecule has 1 saturated heterocycles. The number of rotatable bonds is 6. The van der Waals surface area contributed by atoms with Crippen LogP contribution in [0.1, 0.15) is 25.7 Å². The second-order valence-electron chi connectivity index (χ2n) is 6.56. The molecule has 5 nitrogen and oxygen atoms in total. The number of thioether (sulfide) groups is 1. The summed E-state index contributed by atoms with van der Waals surface area (Å²) in [5, 5.41) is 2.90. The third-order valence-corrected chi connectivity index (χ3v) is 7.39. The third-order valence-electron chi connectivity index (χ3n) is 4.70. The largest absolute Gasteiger partial charge is 0.326 e. The SMILES string of the molecule is CSc1cccc(NC(=O)CC2CCCCN2S(=O)(=O)c2ccccc2)c1. The maximum atomic E-state index is 13.0. The van der Waals surface area contributed by atoms with Gasteiger partial charge >= 0.3 is 0 Å². The molecule has 1 unspecified atom stereocenters. The van der Waals surface area contributed by atoms with Crippen molar-refractivity contribution in [2.75, 3.05) is 18.1 Å². The number of nitrogens with zero attached hydrogens (tertiary/aromatic N) is 1. The number of hydrogen-bond acceptors (Lipinski definition) is 4. The van der Waals surface area contributed by atoms with Crippen LogP contribution in [0.4, 0.5) is 5.69 Å². The minimum Gasteiger partial charge on any atom is -0.326 e. The van der Waals surface area contributed by atoms with Gasteiger partial charge in [-0.1, -0.05) is 30.7 Å². The average Bonchev–Trinajstić information content (AvgIpc) is 2.69. The molecule has 0 bridgehead atoms. The lowest BCUT2D eigenvalue weighted by atomic mass is 10.0. The van der Waals surface area contributed by atoms with Crippen molar-refractivity contribution >= 4 is 33.4 Å². The summed E-state index contributed by atoms with van der Waals surface area (Å²) in [6.45, 7) is 0.455. The Hall–Kier alpha value is -1.83. The Morgan fingerprint density at radius 3 is 2.67 bits per heavy atom. The lowest BCUT2D eigenvalue weighted by Crippen LogP contribution is -2.45. The highest BCUT2D eigenvalue weighted by atomic mass is 32.2. The van der Waals surface area contributed by atoms with Gasteiger partial charge in [0.15, 0.2) is 0 Å². The molecule has 1 aliphatic rings. The number of anilines is 1. The first kappa shape index (κ1) is 19.9. The maximum absolute atomic E-state index is 13.0. The van der Waals surface area contributed by atoms with Crippen molar-refractivity contribution in [2.24, 2.45) is 0 Å². The van der Waals surface area contributed by atoms with E-state index in [1.807, 2.05) is 30.5 Å². The van der Waals surface area contributed by atoms with Crippen molar-refractivity contribution in [2.45, 2.75) is 41.5 Å². The van der Waals surface area contributed by atoms with E-state index < -0.39 is 10.0 Å². The van der Waals surface area contributed by atoms with Gasteiger partial charge in [0.05, 0.1) is 4.90 Å². The molecular weight excluding hydrogens is 380 g/mol. The van der Waals surface area contributed by atoms with Crippen LogP contribution in [0.5, 0.6) is 0 Å². The molecule has 2 aromatic carbocycles. The zero-order chi connectivity index (χ0) is 19.3. The number of carbonyl (C=O) groups excluding carboxylic acids is 1. The number of nitrogens with one attached hydrogen (secondary N) is 1. The number of hydrogen-bond donors (Lipinski definition) is 1. The monoisotopic (exact) mass is 404 g/mol. The van der Waals surface area contributed by atoms with Crippen LogP contribution < -0.4 is 5.32 Å². The molecular formula is C20H24N2O3S2. The third kappa shape index (κ3) is 4.91. The Bertz CT molecular complexity index is 885. The molecule has 0 aliphatic carbocycles. The first-order valence-electron chi connectivity index (χ1n) is 9.01. The van der Waals surface area contributed by atoms with Crippen molar-refractivity contribution in [3.05, 3.63) is 54.6 Å². The Morgan fingerprint density at radius 2 is 1.93 bits per heavy atom. The fraction of sp³-hybridized carbons (Fsp3) is 0.350. The number of carbonyl (C=O) groups is 1. The van der Waals surface area contributed by atoms with Crippen LogP contribution in [-0.4, -0.2) is 37.5 Å². The van der Waals surface area contributed by atoms with Gasteiger partial charge in [0.25, 0.3) is 0 Å². The first-order chi connectivity index (χ1) is 13.0. The highest BCUT2D eigenvalue weighted by molar-refractivity contribution is 7.98. The topological polar surface area (TPSA) is 66.5 Å². The Morgan fingerprint density at radius 1 is 1.15 bits per heavy atom. The summed E-state index contributed by atoms with van der Waals surface area (Å²) >= 11 is 1.61. The molecule has 27 heavy (non-hydrogen) atoms. The van der Waals surface area contributed by atoms with Gasteiger partial charge in [0.1, 0.15) is 0 Å². The molecule has 2 aromatic rings. The van der Waals surface area contributed by atoms with E-state index in [1.165, 1.54) is 4.31 Å². The van der Waals surface area contributed by atoms with E-state index in [0.29, 0.717) is 13.0 Å². The normalized spacial score (nSPS) is 18.2. The summed E-state index contributed by atoms with van der Waals surface area (Å²) in [7, 11) is -3.59. The number of benzene rings is 2. The predicted molar refractivity (Wildman–Crippen MR) is 109 cm³/mol. The quantitative estimate of drug-likeness (QED) is 0.740. The Labute approximate surface area is 165 Å². The van der Waals surface area contributed by atoms with Gasteiger partial charge in [-0.3, -0.25) is 4.79 Å².